The van der Waals surface area contributed by atoms with E-state index in [0.29, 0.717) is 5.44 Å². The molecule has 0 radical (unpaired) electrons. The molecule has 0 aliphatic rings. The van der Waals surface area contributed by atoms with Gasteiger partial charge < -0.3 is 0 Å². The number of benzene rings is 1. The molecule has 0 saturated carbocycles. The second kappa shape index (κ2) is 3.56. The molecule has 0 spiro atoms. The number of fused-ring (bicyclic) bond motifs is 1. The van der Waals surface area contributed by atoms with E-state index >= 15 is 0 Å². The summed E-state index contributed by atoms with van der Waals surface area (Å²) in [6.07, 6.45) is 0. The standard InChI is InChI=1S/C8H6N4Se/c9-5-13-6-12-8-4-2-1-3-7(8)10-11-12/h1-4H,6H2. The van der Waals surface area contributed by atoms with E-state index < -0.39 is 0 Å². The topological polar surface area (TPSA) is 54.5 Å². The van der Waals surface area contributed by atoms with Crippen LogP contribution in [0.5, 0.6) is 0 Å². The van der Waals surface area contributed by atoms with Crippen molar-refractivity contribution in [3.8, 4) is 4.97 Å². The summed E-state index contributed by atoms with van der Waals surface area (Å²) in [4.78, 5) is 2.14. The van der Waals surface area contributed by atoms with Crippen molar-refractivity contribution in [2.75, 3.05) is 0 Å². The van der Waals surface area contributed by atoms with Gasteiger partial charge in [0.05, 0.1) is 0 Å². The molecule has 0 N–H and O–H groups in total. The summed E-state index contributed by atoms with van der Waals surface area (Å²) in [5, 5.41) is 16.4. The maximum absolute atomic E-state index is 8.45. The van der Waals surface area contributed by atoms with Crippen molar-refractivity contribution in [1.82, 2.24) is 15.0 Å². The molecule has 4 nitrogen and oxygen atoms in total. The summed E-state index contributed by atoms with van der Waals surface area (Å²) in [5.74, 6) is 0. The molecule has 0 aliphatic carbocycles. The second-order valence-corrected chi connectivity index (χ2v) is 3.97. The number of rotatable bonds is 2. The van der Waals surface area contributed by atoms with E-state index in [2.05, 4.69) is 15.3 Å². The fourth-order valence-corrected chi connectivity index (χ4v) is 1.88. The molecule has 64 valence electrons. The molecule has 2 aromatic rings. The molecule has 2 rings (SSSR count). The van der Waals surface area contributed by atoms with Crippen LogP contribution < -0.4 is 0 Å². The minimum atomic E-state index is -0.0452. The van der Waals surface area contributed by atoms with Crippen molar-refractivity contribution in [3.05, 3.63) is 24.3 Å². The molecular formula is C8H6N4Se. The molecule has 13 heavy (non-hydrogen) atoms. The average Bonchev–Trinajstić information content (AvgIpc) is 2.58. The van der Waals surface area contributed by atoms with Crippen molar-refractivity contribution in [3.63, 3.8) is 0 Å². The van der Waals surface area contributed by atoms with Crippen molar-refractivity contribution in [1.29, 1.82) is 5.26 Å². The Kier molecular flexibility index (Phi) is 2.26. The third kappa shape index (κ3) is 1.55. The first-order valence-electron chi connectivity index (χ1n) is 3.71. The summed E-state index contributed by atoms with van der Waals surface area (Å²) >= 11 is -0.0452. The molecular weight excluding hydrogens is 231 g/mol. The number of nitriles is 1. The number of hydrogen-bond acceptors (Lipinski definition) is 3. The summed E-state index contributed by atoms with van der Waals surface area (Å²) in [6.45, 7) is 0. The van der Waals surface area contributed by atoms with Crippen molar-refractivity contribution >= 4 is 26.0 Å². The Hall–Kier alpha value is -1.37. The molecule has 0 atom stereocenters. The zero-order valence-electron chi connectivity index (χ0n) is 6.71. The molecule has 0 unspecified atom stereocenters. The van der Waals surface area contributed by atoms with Crippen LogP contribution in [0.3, 0.4) is 0 Å². The van der Waals surface area contributed by atoms with Gasteiger partial charge in [-0.25, -0.2) is 0 Å². The normalized spacial score (nSPS) is 10.1. The Morgan fingerprint density at radius 1 is 1.46 bits per heavy atom. The van der Waals surface area contributed by atoms with Crippen LogP contribution in [0.1, 0.15) is 0 Å². The van der Waals surface area contributed by atoms with Crippen LogP contribution in [0.4, 0.5) is 0 Å². The van der Waals surface area contributed by atoms with Crippen LogP contribution >= 0.6 is 0 Å². The van der Waals surface area contributed by atoms with E-state index in [9.17, 15) is 0 Å². The Bertz CT molecular complexity index is 456. The van der Waals surface area contributed by atoms with Gasteiger partial charge in [0.15, 0.2) is 0 Å². The summed E-state index contributed by atoms with van der Waals surface area (Å²) in [5.41, 5.74) is 2.56. The van der Waals surface area contributed by atoms with Gasteiger partial charge in [-0.2, -0.15) is 0 Å². The van der Waals surface area contributed by atoms with Gasteiger partial charge in [0.1, 0.15) is 0 Å². The summed E-state index contributed by atoms with van der Waals surface area (Å²) in [7, 11) is 0. The fraction of sp³-hybridized carbons (Fsp3) is 0.125. The van der Waals surface area contributed by atoms with Crippen molar-refractivity contribution in [2.24, 2.45) is 0 Å². The molecule has 1 heterocycles. The van der Waals surface area contributed by atoms with E-state index in [1.54, 1.807) is 4.68 Å². The number of aromatic nitrogens is 3. The van der Waals surface area contributed by atoms with Gasteiger partial charge >= 0.3 is 80.9 Å². The minimum absolute atomic E-state index is 0.0452. The average molecular weight is 237 g/mol. The van der Waals surface area contributed by atoms with Crippen LogP contribution in [0.2, 0.25) is 0 Å². The van der Waals surface area contributed by atoms with E-state index in [-0.39, 0.29) is 15.0 Å². The monoisotopic (exact) mass is 238 g/mol. The molecule has 1 aromatic carbocycles. The Morgan fingerprint density at radius 2 is 2.31 bits per heavy atom. The molecule has 0 bridgehead atoms. The van der Waals surface area contributed by atoms with Crippen LogP contribution in [0.25, 0.3) is 11.0 Å². The first kappa shape index (κ1) is 8.24. The number of hydrogen-bond donors (Lipinski definition) is 0. The molecule has 0 amide bonds. The van der Waals surface area contributed by atoms with E-state index in [0.717, 1.165) is 11.0 Å². The van der Waals surface area contributed by atoms with Crippen LogP contribution in [-0.4, -0.2) is 30.0 Å². The van der Waals surface area contributed by atoms with Gasteiger partial charge in [0.2, 0.25) is 0 Å². The van der Waals surface area contributed by atoms with Crippen LogP contribution in [0.15, 0.2) is 24.3 Å². The SMILES string of the molecule is N#C[Se]Cn1nnc2ccccc21. The Morgan fingerprint density at radius 3 is 3.15 bits per heavy atom. The zero-order valence-corrected chi connectivity index (χ0v) is 8.43. The Balaban J connectivity index is 2.41. The first-order chi connectivity index (χ1) is 6.42. The van der Waals surface area contributed by atoms with Gasteiger partial charge in [-0.15, -0.1) is 0 Å². The predicted molar refractivity (Wildman–Crippen MR) is 48.9 cm³/mol. The van der Waals surface area contributed by atoms with E-state index in [4.69, 9.17) is 5.26 Å². The van der Waals surface area contributed by atoms with Gasteiger partial charge in [0.25, 0.3) is 0 Å². The summed E-state index contributed by atoms with van der Waals surface area (Å²) < 4.78 is 1.78. The predicted octanol–water partition coefficient (Wildman–Crippen LogP) is 0.574. The first-order valence-corrected chi connectivity index (χ1v) is 5.78. The molecule has 0 aliphatic heterocycles. The van der Waals surface area contributed by atoms with Crippen molar-refractivity contribution in [2.45, 2.75) is 5.44 Å². The van der Waals surface area contributed by atoms with E-state index in [1.165, 1.54) is 0 Å². The molecule has 5 heteroatoms. The van der Waals surface area contributed by atoms with Gasteiger partial charge in [-0.1, -0.05) is 0 Å². The quantitative estimate of drug-likeness (QED) is 0.717. The fourth-order valence-electron chi connectivity index (χ4n) is 1.10. The molecule has 1 aromatic heterocycles. The third-order valence-corrected chi connectivity index (χ3v) is 2.73. The molecule has 0 fully saturated rings. The number of nitrogens with zero attached hydrogens (tertiary/aromatic N) is 4. The zero-order chi connectivity index (χ0) is 9.10. The molecule has 0 saturated heterocycles. The van der Waals surface area contributed by atoms with Crippen LogP contribution in [0, 0.1) is 10.2 Å². The third-order valence-electron chi connectivity index (χ3n) is 1.67. The maximum atomic E-state index is 8.45. The van der Waals surface area contributed by atoms with Crippen molar-refractivity contribution < 1.29 is 0 Å². The van der Waals surface area contributed by atoms with Gasteiger partial charge in [-0.05, 0) is 0 Å². The van der Waals surface area contributed by atoms with E-state index in [1.807, 2.05) is 24.3 Å². The van der Waals surface area contributed by atoms with Gasteiger partial charge in [0, 0.05) is 0 Å². The number of para-hydroxylation sites is 1. The summed E-state index contributed by atoms with van der Waals surface area (Å²) in [6, 6.07) is 7.75. The second-order valence-electron chi connectivity index (χ2n) is 2.44. The Labute approximate surface area is 81.3 Å². The van der Waals surface area contributed by atoms with Gasteiger partial charge in [-0.3, -0.25) is 0 Å². The van der Waals surface area contributed by atoms with Crippen LogP contribution in [-0.2, 0) is 5.44 Å².